The Balaban J connectivity index is 2.42. The molecule has 2 N–H and O–H groups in total. The normalized spacial score (nSPS) is 13.8. The summed E-state index contributed by atoms with van der Waals surface area (Å²) in [6.07, 6.45) is 2.38. The van der Waals surface area contributed by atoms with Crippen LogP contribution in [0.4, 0.5) is 0 Å². The summed E-state index contributed by atoms with van der Waals surface area (Å²) in [6.45, 7) is 8.21. The summed E-state index contributed by atoms with van der Waals surface area (Å²) < 4.78 is 0. The van der Waals surface area contributed by atoms with Crippen LogP contribution in [0.3, 0.4) is 0 Å². The Labute approximate surface area is 121 Å². The van der Waals surface area contributed by atoms with Crippen molar-refractivity contribution in [3.05, 3.63) is 48.6 Å². The van der Waals surface area contributed by atoms with E-state index in [1.165, 1.54) is 0 Å². The molecule has 110 valence electrons. The topological polar surface area (TPSA) is 49.3 Å². The minimum Gasteiger partial charge on any atom is -0.391 e. The van der Waals surface area contributed by atoms with Crippen molar-refractivity contribution in [3.63, 3.8) is 0 Å². The Bertz CT molecular complexity index is 414. The van der Waals surface area contributed by atoms with Crippen LogP contribution in [0.2, 0.25) is 0 Å². The smallest absolute Gasteiger partial charge is 0.221 e. The summed E-state index contributed by atoms with van der Waals surface area (Å²) in [5.41, 5.74) is 1.08. The van der Waals surface area contributed by atoms with E-state index in [2.05, 4.69) is 11.9 Å². The molecule has 2 atom stereocenters. The molecule has 0 spiro atoms. The van der Waals surface area contributed by atoms with Gasteiger partial charge in [0.25, 0.3) is 0 Å². The molecular weight excluding hydrogens is 250 g/mol. The molecule has 0 bridgehead atoms. The van der Waals surface area contributed by atoms with Crippen molar-refractivity contribution in [1.29, 1.82) is 0 Å². The van der Waals surface area contributed by atoms with Gasteiger partial charge in [0.15, 0.2) is 0 Å². The van der Waals surface area contributed by atoms with Crippen LogP contribution in [0.5, 0.6) is 0 Å². The minimum absolute atomic E-state index is 0.0124. The fourth-order valence-corrected chi connectivity index (χ4v) is 2.17. The van der Waals surface area contributed by atoms with Crippen LogP contribution in [0.1, 0.15) is 38.2 Å². The number of hydrogen-bond donors (Lipinski definition) is 2. The van der Waals surface area contributed by atoms with Crippen LogP contribution in [0.25, 0.3) is 0 Å². The molecule has 0 radical (unpaired) electrons. The third-order valence-electron chi connectivity index (χ3n) is 3.20. The largest absolute Gasteiger partial charge is 0.391 e. The summed E-state index contributed by atoms with van der Waals surface area (Å²) >= 11 is 0. The van der Waals surface area contributed by atoms with Crippen molar-refractivity contribution in [2.45, 2.75) is 38.7 Å². The second kappa shape index (κ2) is 8.54. The van der Waals surface area contributed by atoms with E-state index >= 15 is 0 Å². The summed E-state index contributed by atoms with van der Waals surface area (Å²) in [4.78, 5) is 11.9. The Hall–Kier alpha value is -1.61. The van der Waals surface area contributed by atoms with Gasteiger partial charge in [0.05, 0.1) is 6.10 Å². The van der Waals surface area contributed by atoms with Gasteiger partial charge in [-0.3, -0.25) is 4.79 Å². The average molecular weight is 275 g/mol. The first-order valence-electron chi connectivity index (χ1n) is 7.15. The first-order valence-corrected chi connectivity index (χ1v) is 7.15. The number of benzene rings is 1. The minimum atomic E-state index is -0.474. The van der Waals surface area contributed by atoms with Crippen molar-refractivity contribution < 1.29 is 9.90 Å². The van der Waals surface area contributed by atoms with Crippen molar-refractivity contribution >= 4 is 5.91 Å². The number of allylic oxidation sites excluding steroid dienone is 1. The molecule has 0 aromatic heterocycles. The van der Waals surface area contributed by atoms with Gasteiger partial charge in [-0.25, -0.2) is 0 Å². The molecule has 0 fully saturated rings. The molecule has 0 heterocycles. The maximum Gasteiger partial charge on any atom is 0.221 e. The molecule has 3 nitrogen and oxygen atoms in total. The summed E-state index contributed by atoms with van der Waals surface area (Å²) in [6, 6.07) is 9.85. The number of nitrogens with one attached hydrogen (secondary N) is 1. The van der Waals surface area contributed by atoms with Crippen LogP contribution in [-0.4, -0.2) is 23.7 Å². The number of aliphatic hydroxyl groups is 1. The molecule has 0 aliphatic carbocycles. The number of carbonyl (C=O) groups is 1. The van der Waals surface area contributed by atoms with Crippen molar-refractivity contribution in [1.82, 2.24) is 5.32 Å². The maximum absolute atomic E-state index is 11.9. The van der Waals surface area contributed by atoms with Crippen LogP contribution in [0.15, 0.2) is 43.0 Å². The molecule has 20 heavy (non-hydrogen) atoms. The second-order valence-corrected chi connectivity index (χ2v) is 5.54. The molecule has 0 saturated carbocycles. The third kappa shape index (κ3) is 6.02. The van der Waals surface area contributed by atoms with Crippen LogP contribution >= 0.6 is 0 Å². The lowest BCUT2D eigenvalue weighted by Gasteiger charge is -2.16. The van der Waals surface area contributed by atoms with Gasteiger partial charge in [-0.05, 0) is 17.9 Å². The number of rotatable bonds is 8. The van der Waals surface area contributed by atoms with Gasteiger partial charge in [-0.15, -0.1) is 6.58 Å². The summed E-state index contributed by atoms with van der Waals surface area (Å²) in [5, 5.41) is 12.5. The standard InChI is InChI=1S/C17H25NO2/c1-4-14(15-8-6-5-7-9-15)11-17(20)18-12-16(19)10-13(2)3/h4-9,13-14,16,19H,1,10-12H2,2-3H3,(H,18,20). The fourth-order valence-electron chi connectivity index (χ4n) is 2.17. The third-order valence-corrected chi connectivity index (χ3v) is 3.20. The van der Waals surface area contributed by atoms with E-state index in [1.807, 2.05) is 44.2 Å². The van der Waals surface area contributed by atoms with Gasteiger partial charge >= 0.3 is 0 Å². The number of aliphatic hydroxyl groups excluding tert-OH is 1. The Morgan fingerprint density at radius 3 is 2.55 bits per heavy atom. The molecule has 0 aliphatic heterocycles. The van der Waals surface area contributed by atoms with E-state index in [0.29, 0.717) is 25.3 Å². The monoisotopic (exact) mass is 275 g/mol. The van der Waals surface area contributed by atoms with Gasteiger partial charge in [0, 0.05) is 18.9 Å². The molecule has 1 rings (SSSR count). The molecular formula is C17H25NO2. The maximum atomic E-state index is 11.9. The predicted molar refractivity (Wildman–Crippen MR) is 82.5 cm³/mol. The molecule has 0 aliphatic rings. The lowest BCUT2D eigenvalue weighted by atomic mass is 9.95. The van der Waals surface area contributed by atoms with Gasteiger partial charge in [0.2, 0.25) is 5.91 Å². The van der Waals surface area contributed by atoms with E-state index in [-0.39, 0.29) is 11.8 Å². The molecule has 1 amide bonds. The van der Waals surface area contributed by atoms with E-state index in [1.54, 1.807) is 6.08 Å². The first kappa shape index (κ1) is 16.4. The highest BCUT2D eigenvalue weighted by molar-refractivity contribution is 5.77. The Kier molecular flexibility index (Phi) is 7.02. The van der Waals surface area contributed by atoms with Crippen LogP contribution in [0, 0.1) is 5.92 Å². The van der Waals surface area contributed by atoms with Crippen molar-refractivity contribution in [2.75, 3.05) is 6.54 Å². The predicted octanol–water partition coefficient (Wildman–Crippen LogP) is 2.87. The van der Waals surface area contributed by atoms with E-state index in [0.717, 1.165) is 5.56 Å². The fraction of sp³-hybridized carbons (Fsp3) is 0.471. The average Bonchev–Trinajstić information content (AvgIpc) is 2.43. The first-order chi connectivity index (χ1) is 9.52. The van der Waals surface area contributed by atoms with Crippen LogP contribution < -0.4 is 5.32 Å². The van der Waals surface area contributed by atoms with Crippen molar-refractivity contribution in [2.24, 2.45) is 5.92 Å². The van der Waals surface area contributed by atoms with Gasteiger partial charge in [-0.2, -0.15) is 0 Å². The van der Waals surface area contributed by atoms with E-state index in [9.17, 15) is 9.90 Å². The highest BCUT2D eigenvalue weighted by Crippen LogP contribution is 2.20. The van der Waals surface area contributed by atoms with Gasteiger partial charge in [0.1, 0.15) is 0 Å². The SMILES string of the molecule is C=CC(CC(=O)NCC(O)CC(C)C)c1ccccc1. The van der Waals surface area contributed by atoms with Gasteiger partial charge < -0.3 is 10.4 Å². The Morgan fingerprint density at radius 1 is 1.35 bits per heavy atom. The molecule has 1 aromatic rings. The lowest BCUT2D eigenvalue weighted by molar-refractivity contribution is -0.121. The number of carbonyl (C=O) groups excluding carboxylic acids is 1. The van der Waals surface area contributed by atoms with Crippen LogP contribution in [-0.2, 0) is 4.79 Å². The Morgan fingerprint density at radius 2 is 2.00 bits per heavy atom. The van der Waals surface area contributed by atoms with E-state index < -0.39 is 6.10 Å². The zero-order valence-corrected chi connectivity index (χ0v) is 12.4. The molecule has 1 aromatic carbocycles. The quantitative estimate of drug-likeness (QED) is 0.717. The molecule has 2 unspecified atom stereocenters. The zero-order chi connectivity index (χ0) is 15.0. The zero-order valence-electron chi connectivity index (χ0n) is 12.4. The summed E-state index contributed by atoms with van der Waals surface area (Å²) in [7, 11) is 0. The highest BCUT2D eigenvalue weighted by atomic mass is 16.3. The van der Waals surface area contributed by atoms with E-state index in [4.69, 9.17) is 0 Å². The van der Waals surface area contributed by atoms with Gasteiger partial charge in [-0.1, -0.05) is 50.3 Å². The summed E-state index contributed by atoms with van der Waals surface area (Å²) in [5.74, 6) is 0.382. The van der Waals surface area contributed by atoms with Crippen molar-refractivity contribution in [3.8, 4) is 0 Å². The second-order valence-electron chi connectivity index (χ2n) is 5.54. The lowest BCUT2D eigenvalue weighted by Crippen LogP contribution is -2.33. The number of hydrogen-bond acceptors (Lipinski definition) is 2. The number of amides is 1. The molecule has 0 saturated heterocycles. The molecule has 3 heteroatoms. The highest BCUT2D eigenvalue weighted by Gasteiger charge is 2.14.